The quantitative estimate of drug-likeness (QED) is 0.839. The van der Waals surface area contributed by atoms with E-state index in [9.17, 15) is 18.3 Å². The van der Waals surface area contributed by atoms with Gasteiger partial charge in [0.15, 0.2) is 0 Å². The zero-order valence-electron chi connectivity index (χ0n) is 15.4. The van der Waals surface area contributed by atoms with Crippen molar-refractivity contribution >= 4 is 16.0 Å². The highest BCUT2D eigenvalue weighted by Gasteiger charge is 2.34. The maximum absolute atomic E-state index is 12.9. The molecule has 0 bridgehead atoms. The molecule has 3 rings (SSSR count). The first-order valence-corrected chi connectivity index (χ1v) is 10.2. The average Bonchev–Trinajstić information content (AvgIpc) is 2.65. The zero-order chi connectivity index (χ0) is 19.6. The lowest BCUT2D eigenvalue weighted by molar-refractivity contribution is -0.144. The molecule has 7 nitrogen and oxygen atoms in total. The van der Waals surface area contributed by atoms with Gasteiger partial charge < -0.3 is 5.11 Å². The number of pyridine rings is 1. The maximum Gasteiger partial charge on any atom is 0.325 e. The number of hydrogen-bond donors (Lipinski definition) is 1. The van der Waals surface area contributed by atoms with Gasteiger partial charge in [-0.15, -0.1) is 0 Å². The molecule has 0 saturated carbocycles. The van der Waals surface area contributed by atoms with E-state index in [2.05, 4.69) is 4.98 Å². The molecular weight excluding hydrogens is 366 g/mol. The number of aliphatic carboxylic acids is 1. The largest absolute Gasteiger partial charge is 0.480 e. The van der Waals surface area contributed by atoms with E-state index in [0.717, 1.165) is 11.1 Å². The van der Waals surface area contributed by atoms with Gasteiger partial charge in [-0.2, -0.15) is 4.31 Å². The third-order valence-electron chi connectivity index (χ3n) is 4.99. The van der Waals surface area contributed by atoms with Crippen LogP contribution in [-0.2, 0) is 14.8 Å². The van der Waals surface area contributed by atoms with Gasteiger partial charge in [0.1, 0.15) is 6.04 Å². The second kappa shape index (κ2) is 7.75. The third kappa shape index (κ3) is 4.02. The van der Waals surface area contributed by atoms with Gasteiger partial charge in [-0.05, 0) is 48.7 Å². The van der Waals surface area contributed by atoms with Crippen LogP contribution in [0.4, 0.5) is 0 Å². The van der Waals surface area contributed by atoms with Crippen molar-refractivity contribution in [2.45, 2.75) is 24.8 Å². The van der Waals surface area contributed by atoms with Gasteiger partial charge in [0.05, 0.1) is 4.90 Å². The van der Waals surface area contributed by atoms with Crippen molar-refractivity contribution in [2.24, 2.45) is 0 Å². The van der Waals surface area contributed by atoms with E-state index in [1.807, 2.05) is 13.8 Å². The van der Waals surface area contributed by atoms with Crippen LogP contribution in [-0.4, -0.2) is 59.9 Å². The monoisotopic (exact) mass is 389 g/mol. The summed E-state index contributed by atoms with van der Waals surface area (Å²) in [6.07, 6.45) is 3.13. The molecule has 2 aromatic rings. The molecule has 1 aromatic carbocycles. The van der Waals surface area contributed by atoms with Crippen molar-refractivity contribution in [1.82, 2.24) is 14.2 Å². The minimum Gasteiger partial charge on any atom is -0.480 e. The van der Waals surface area contributed by atoms with E-state index in [0.29, 0.717) is 18.7 Å². The fourth-order valence-electron chi connectivity index (χ4n) is 3.27. The number of sulfonamides is 1. The number of rotatable bonds is 5. The maximum atomic E-state index is 12.9. The second-order valence-electron chi connectivity index (χ2n) is 6.71. The van der Waals surface area contributed by atoms with Crippen LogP contribution in [0.15, 0.2) is 47.6 Å². The minimum absolute atomic E-state index is 0.249. The summed E-state index contributed by atoms with van der Waals surface area (Å²) in [6, 6.07) is 7.72. The third-order valence-corrected chi connectivity index (χ3v) is 6.88. The molecule has 1 fully saturated rings. The van der Waals surface area contributed by atoms with Crippen molar-refractivity contribution < 1.29 is 18.3 Å². The fourth-order valence-corrected chi connectivity index (χ4v) is 4.78. The molecule has 2 heterocycles. The molecule has 0 amide bonds. The standard InChI is InChI=1S/C19H23N3O4S/c1-14-5-6-17(12-15(14)2)27(25,26)22-10-8-21(9-11-22)18(19(23)24)16-4-3-7-20-13-16/h3-7,12-13,18H,8-11H2,1-2H3,(H,23,24). The molecule has 1 atom stereocenters. The molecule has 144 valence electrons. The smallest absolute Gasteiger partial charge is 0.325 e. The normalized spacial score (nSPS) is 17.6. The summed E-state index contributed by atoms with van der Waals surface area (Å²) >= 11 is 0. The molecule has 1 aliphatic rings. The number of carboxylic acid groups (broad SMARTS) is 1. The van der Waals surface area contributed by atoms with Gasteiger partial charge in [-0.1, -0.05) is 12.1 Å². The van der Waals surface area contributed by atoms with Crippen LogP contribution in [0, 0.1) is 13.8 Å². The zero-order valence-corrected chi connectivity index (χ0v) is 16.2. The number of carboxylic acids is 1. The number of hydrogen-bond acceptors (Lipinski definition) is 5. The van der Waals surface area contributed by atoms with Gasteiger partial charge >= 0.3 is 5.97 Å². The Hall–Kier alpha value is -2.29. The van der Waals surface area contributed by atoms with Crippen molar-refractivity contribution in [3.05, 3.63) is 59.4 Å². The molecule has 1 aliphatic heterocycles. The number of nitrogens with zero attached hydrogens (tertiary/aromatic N) is 3. The Morgan fingerprint density at radius 3 is 2.37 bits per heavy atom. The second-order valence-corrected chi connectivity index (χ2v) is 8.65. The van der Waals surface area contributed by atoms with Crippen LogP contribution in [0.5, 0.6) is 0 Å². The van der Waals surface area contributed by atoms with E-state index in [1.165, 1.54) is 10.5 Å². The predicted octanol–water partition coefficient (Wildman–Crippen LogP) is 1.83. The lowest BCUT2D eigenvalue weighted by atomic mass is 10.1. The molecule has 1 unspecified atom stereocenters. The van der Waals surface area contributed by atoms with Crippen LogP contribution in [0.2, 0.25) is 0 Å². The Labute approximate surface area is 159 Å². The predicted molar refractivity (Wildman–Crippen MR) is 101 cm³/mol. The summed E-state index contributed by atoms with van der Waals surface area (Å²) in [7, 11) is -3.59. The average molecular weight is 389 g/mol. The Morgan fingerprint density at radius 2 is 1.81 bits per heavy atom. The van der Waals surface area contributed by atoms with E-state index in [-0.39, 0.29) is 18.0 Å². The topological polar surface area (TPSA) is 90.8 Å². The van der Waals surface area contributed by atoms with Crippen molar-refractivity contribution in [3.63, 3.8) is 0 Å². The van der Waals surface area contributed by atoms with Gasteiger partial charge in [-0.3, -0.25) is 14.7 Å². The van der Waals surface area contributed by atoms with Crippen molar-refractivity contribution in [3.8, 4) is 0 Å². The molecule has 0 spiro atoms. The molecule has 27 heavy (non-hydrogen) atoms. The number of piperazine rings is 1. The van der Waals surface area contributed by atoms with Crippen LogP contribution >= 0.6 is 0 Å². The Balaban J connectivity index is 1.76. The SMILES string of the molecule is Cc1ccc(S(=O)(=O)N2CCN(C(C(=O)O)c3cccnc3)CC2)cc1C. The van der Waals surface area contributed by atoms with Crippen molar-refractivity contribution in [2.75, 3.05) is 26.2 Å². The number of carbonyl (C=O) groups is 1. The highest BCUT2D eigenvalue weighted by atomic mass is 32.2. The molecule has 1 saturated heterocycles. The van der Waals surface area contributed by atoms with Crippen LogP contribution < -0.4 is 0 Å². The van der Waals surface area contributed by atoms with E-state index >= 15 is 0 Å². The fraction of sp³-hybridized carbons (Fsp3) is 0.368. The molecule has 1 N–H and O–H groups in total. The number of aromatic nitrogens is 1. The molecule has 0 radical (unpaired) electrons. The van der Waals surface area contributed by atoms with Gasteiger partial charge in [0.25, 0.3) is 0 Å². The van der Waals surface area contributed by atoms with E-state index in [1.54, 1.807) is 41.4 Å². The minimum atomic E-state index is -3.59. The Morgan fingerprint density at radius 1 is 1.11 bits per heavy atom. The first-order chi connectivity index (χ1) is 12.8. The molecular formula is C19H23N3O4S. The van der Waals surface area contributed by atoms with Crippen LogP contribution in [0.3, 0.4) is 0 Å². The summed E-state index contributed by atoms with van der Waals surface area (Å²) in [5, 5.41) is 9.64. The van der Waals surface area contributed by atoms with Gasteiger partial charge in [-0.25, -0.2) is 8.42 Å². The molecule has 0 aliphatic carbocycles. The van der Waals surface area contributed by atoms with Gasteiger partial charge in [0.2, 0.25) is 10.0 Å². The van der Waals surface area contributed by atoms with Crippen LogP contribution in [0.25, 0.3) is 0 Å². The van der Waals surface area contributed by atoms with Crippen LogP contribution in [0.1, 0.15) is 22.7 Å². The molecule has 8 heteroatoms. The highest BCUT2D eigenvalue weighted by molar-refractivity contribution is 7.89. The van der Waals surface area contributed by atoms with E-state index in [4.69, 9.17) is 0 Å². The first kappa shape index (κ1) is 19.5. The first-order valence-electron chi connectivity index (χ1n) is 8.75. The van der Waals surface area contributed by atoms with E-state index < -0.39 is 22.0 Å². The summed E-state index contributed by atoms with van der Waals surface area (Å²) in [5.41, 5.74) is 2.56. The lowest BCUT2D eigenvalue weighted by Crippen LogP contribution is -2.50. The lowest BCUT2D eigenvalue weighted by Gasteiger charge is -2.37. The Bertz CT molecular complexity index is 923. The number of benzene rings is 1. The summed E-state index contributed by atoms with van der Waals surface area (Å²) < 4.78 is 27.3. The van der Waals surface area contributed by atoms with Crippen molar-refractivity contribution in [1.29, 1.82) is 0 Å². The number of aryl methyl sites for hydroxylation is 2. The summed E-state index contributed by atoms with van der Waals surface area (Å²) in [4.78, 5) is 17.8. The molecule has 1 aromatic heterocycles. The Kier molecular flexibility index (Phi) is 5.59. The summed E-state index contributed by atoms with van der Waals surface area (Å²) in [6.45, 7) is 5.01. The van der Waals surface area contributed by atoms with Gasteiger partial charge in [0, 0.05) is 38.6 Å². The summed E-state index contributed by atoms with van der Waals surface area (Å²) in [5.74, 6) is -0.964. The highest BCUT2D eigenvalue weighted by Crippen LogP contribution is 2.25.